The van der Waals surface area contributed by atoms with Crippen molar-refractivity contribution < 1.29 is 13.5 Å². The van der Waals surface area contributed by atoms with E-state index in [0.29, 0.717) is 9.13 Å². The van der Waals surface area contributed by atoms with Gasteiger partial charge in [-0.25, -0.2) is 8.42 Å². The molecule has 0 radical (unpaired) electrons. The van der Waals surface area contributed by atoms with Crippen molar-refractivity contribution in [2.24, 2.45) is 0 Å². The minimum atomic E-state index is -3.53. The third-order valence-corrected chi connectivity index (χ3v) is 5.49. The summed E-state index contributed by atoms with van der Waals surface area (Å²) in [6.07, 6.45) is 0. The van der Waals surface area contributed by atoms with Gasteiger partial charge in [0.2, 0.25) is 0 Å². The Morgan fingerprint density at radius 2 is 1.67 bits per heavy atom. The molecule has 1 N–H and O–H groups in total. The highest BCUT2D eigenvalue weighted by molar-refractivity contribution is 14.1. The molecule has 0 fully saturated rings. The van der Waals surface area contributed by atoms with E-state index in [1.54, 1.807) is 36.4 Å². The Hall–Kier alpha value is -1.08. The summed E-state index contributed by atoms with van der Waals surface area (Å²) >= 11 is 1.91. The van der Waals surface area contributed by atoms with Crippen LogP contribution in [0.4, 0.5) is 0 Å². The predicted octanol–water partition coefficient (Wildman–Crippen LogP) is 2.97. The number of benzene rings is 2. The Labute approximate surface area is 120 Å². The molecular formula is C13H11IO3S. The van der Waals surface area contributed by atoms with Gasteiger partial charge in [0.05, 0.1) is 5.75 Å². The van der Waals surface area contributed by atoms with Crippen LogP contribution in [0.5, 0.6) is 5.75 Å². The lowest BCUT2D eigenvalue weighted by Crippen LogP contribution is -2.07. The maximum absolute atomic E-state index is 12.3. The van der Waals surface area contributed by atoms with Crippen LogP contribution in [0.15, 0.2) is 53.4 Å². The van der Waals surface area contributed by atoms with E-state index in [2.05, 4.69) is 0 Å². The highest BCUT2D eigenvalue weighted by Crippen LogP contribution is 2.30. The normalized spacial score (nSPS) is 11.4. The summed E-state index contributed by atoms with van der Waals surface area (Å²) in [6.45, 7) is 0. The highest BCUT2D eigenvalue weighted by Gasteiger charge is 2.22. The standard InChI is InChI=1S/C13H11IO3S/c14-11-7-4-8-12(15)13(11)18(16,17)9-10-5-2-1-3-6-10/h1-8,15H,9H2. The Kier molecular flexibility index (Phi) is 3.91. The van der Waals surface area contributed by atoms with Crippen LogP contribution >= 0.6 is 22.6 Å². The average Bonchev–Trinajstić information content (AvgIpc) is 2.28. The van der Waals surface area contributed by atoms with E-state index in [0.717, 1.165) is 0 Å². The molecule has 0 aliphatic rings. The molecule has 3 nitrogen and oxygen atoms in total. The summed E-state index contributed by atoms with van der Waals surface area (Å²) in [6, 6.07) is 13.6. The number of rotatable bonds is 3. The molecule has 0 unspecified atom stereocenters. The molecule has 2 aromatic rings. The molecule has 2 rings (SSSR count). The van der Waals surface area contributed by atoms with Crippen LogP contribution in [0.2, 0.25) is 0 Å². The van der Waals surface area contributed by atoms with E-state index < -0.39 is 9.84 Å². The van der Waals surface area contributed by atoms with Crippen LogP contribution < -0.4 is 0 Å². The molecule has 0 aliphatic heterocycles. The topological polar surface area (TPSA) is 54.4 Å². The van der Waals surface area contributed by atoms with Gasteiger partial charge in [0.1, 0.15) is 10.6 Å². The number of halogens is 1. The zero-order valence-electron chi connectivity index (χ0n) is 9.38. The van der Waals surface area contributed by atoms with Crippen molar-refractivity contribution in [3.05, 3.63) is 57.7 Å². The quantitative estimate of drug-likeness (QED) is 0.841. The van der Waals surface area contributed by atoms with E-state index in [1.165, 1.54) is 6.07 Å². The second-order valence-corrected chi connectivity index (χ2v) is 6.92. The number of phenolic OH excluding ortho intramolecular Hbond substituents is 1. The van der Waals surface area contributed by atoms with Gasteiger partial charge in [-0.2, -0.15) is 0 Å². The molecule has 0 amide bonds. The molecule has 0 atom stereocenters. The molecule has 0 spiro atoms. The molecule has 94 valence electrons. The van der Waals surface area contributed by atoms with E-state index >= 15 is 0 Å². The number of phenols is 1. The van der Waals surface area contributed by atoms with Gasteiger partial charge in [0, 0.05) is 3.57 Å². The van der Waals surface area contributed by atoms with Gasteiger partial charge >= 0.3 is 0 Å². The molecule has 5 heteroatoms. The van der Waals surface area contributed by atoms with Crippen molar-refractivity contribution in [1.29, 1.82) is 0 Å². The monoisotopic (exact) mass is 374 g/mol. The van der Waals surface area contributed by atoms with Crippen LogP contribution in [0.3, 0.4) is 0 Å². The van der Waals surface area contributed by atoms with Gasteiger partial charge in [-0.05, 0) is 40.3 Å². The fourth-order valence-corrected chi connectivity index (χ4v) is 4.69. The second-order valence-electron chi connectivity index (χ2n) is 3.83. The Bertz CT molecular complexity index is 631. The molecular weight excluding hydrogens is 363 g/mol. The molecule has 0 saturated heterocycles. The number of sulfone groups is 1. The zero-order valence-corrected chi connectivity index (χ0v) is 12.3. The largest absolute Gasteiger partial charge is 0.507 e. The first-order chi connectivity index (χ1) is 8.50. The van der Waals surface area contributed by atoms with E-state index in [9.17, 15) is 13.5 Å². The Morgan fingerprint density at radius 1 is 1.00 bits per heavy atom. The van der Waals surface area contributed by atoms with Gasteiger partial charge in [-0.3, -0.25) is 0 Å². The van der Waals surface area contributed by atoms with E-state index in [-0.39, 0.29) is 16.4 Å². The minimum absolute atomic E-state index is 0.00875. The summed E-state index contributed by atoms with van der Waals surface area (Å²) in [5.74, 6) is -0.306. The summed E-state index contributed by atoms with van der Waals surface area (Å²) < 4.78 is 25.1. The Morgan fingerprint density at radius 3 is 2.28 bits per heavy atom. The van der Waals surface area contributed by atoms with Crippen LogP contribution in [0.1, 0.15) is 5.56 Å². The smallest absolute Gasteiger partial charge is 0.187 e. The summed E-state index contributed by atoms with van der Waals surface area (Å²) in [4.78, 5) is 0.00875. The lowest BCUT2D eigenvalue weighted by Gasteiger charge is -2.08. The first kappa shape index (κ1) is 13.4. The molecule has 18 heavy (non-hydrogen) atoms. The van der Waals surface area contributed by atoms with Crippen molar-refractivity contribution >= 4 is 32.4 Å². The van der Waals surface area contributed by atoms with Crippen molar-refractivity contribution in [2.75, 3.05) is 0 Å². The minimum Gasteiger partial charge on any atom is -0.507 e. The van der Waals surface area contributed by atoms with Crippen LogP contribution in [0, 0.1) is 3.57 Å². The van der Waals surface area contributed by atoms with Gasteiger partial charge in [0.15, 0.2) is 9.84 Å². The van der Waals surface area contributed by atoms with Crippen LogP contribution in [0.25, 0.3) is 0 Å². The number of hydrogen-bond acceptors (Lipinski definition) is 3. The first-order valence-corrected chi connectivity index (χ1v) is 7.98. The summed E-state index contributed by atoms with van der Waals surface area (Å²) in [5, 5.41) is 9.72. The Balaban J connectivity index is 2.44. The summed E-state index contributed by atoms with van der Waals surface area (Å²) in [7, 11) is -3.53. The van der Waals surface area contributed by atoms with Gasteiger partial charge in [-0.15, -0.1) is 0 Å². The van der Waals surface area contributed by atoms with Crippen LogP contribution in [-0.4, -0.2) is 13.5 Å². The van der Waals surface area contributed by atoms with Crippen molar-refractivity contribution in [2.45, 2.75) is 10.6 Å². The molecule has 0 heterocycles. The maximum Gasteiger partial charge on any atom is 0.187 e. The molecule has 0 aliphatic carbocycles. The molecule has 0 bridgehead atoms. The predicted molar refractivity (Wildman–Crippen MR) is 78.2 cm³/mol. The summed E-state index contributed by atoms with van der Waals surface area (Å²) in [5.41, 5.74) is 0.705. The maximum atomic E-state index is 12.3. The molecule has 2 aromatic carbocycles. The lowest BCUT2D eigenvalue weighted by molar-refractivity contribution is 0.457. The van der Waals surface area contributed by atoms with E-state index in [4.69, 9.17) is 0 Å². The SMILES string of the molecule is O=S(=O)(Cc1ccccc1)c1c(O)cccc1I. The number of aromatic hydroxyl groups is 1. The fourth-order valence-electron chi connectivity index (χ4n) is 1.67. The number of hydrogen-bond donors (Lipinski definition) is 1. The van der Waals surface area contributed by atoms with Gasteiger partial charge < -0.3 is 5.11 Å². The van der Waals surface area contributed by atoms with Gasteiger partial charge in [0.25, 0.3) is 0 Å². The molecule has 0 aromatic heterocycles. The first-order valence-electron chi connectivity index (χ1n) is 5.25. The fraction of sp³-hybridized carbons (Fsp3) is 0.0769. The van der Waals surface area contributed by atoms with Crippen LogP contribution in [-0.2, 0) is 15.6 Å². The third-order valence-electron chi connectivity index (χ3n) is 2.46. The zero-order chi connectivity index (χ0) is 13.2. The van der Waals surface area contributed by atoms with Crippen molar-refractivity contribution in [3.8, 4) is 5.75 Å². The highest BCUT2D eigenvalue weighted by atomic mass is 127. The third kappa shape index (κ3) is 2.84. The molecule has 0 saturated carbocycles. The van der Waals surface area contributed by atoms with Crippen molar-refractivity contribution in [3.63, 3.8) is 0 Å². The average molecular weight is 374 g/mol. The van der Waals surface area contributed by atoms with Gasteiger partial charge in [-0.1, -0.05) is 36.4 Å². The second kappa shape index (κ2) is 5.27. The lowest BCUT2D eigenvalue weighted by atomic mass is 10.2. The van der Waals surface area contributed by atoms with E-state index in [1.807, 2.05) is 28.7 Å². The van der Waals surface area contributed by atoms with Crippen molar-refractivity contribution in [1.82, 2.24) is 0 Å².